The van der Waals surface area contributed by atoms with E-state index in [9.17, 15) is 9.59 Å². The van der Waals surface area contributed by atoms with E-state index >= 15 is 0 Å². The van der Waals surface area contributed by atoms with Crippen LogP contribution in [0, 0.1) is 20.8 Å². The number of carbonyl (C=O) groups excluding carboxylic acids is 1. The monoisotopic (exact) mass is 287 g/mol. The second kappa shape index (κ2) is 5.40. The van der Waals surface area contributed by atoms with Crippen molar-refractivity contribution in [2.45, 2.75) is 27.3 Å². The number of aryl methyl sites for hydroxylation is 3. The van der Waals surface area contributed by atoms with E-state index in [-0.39, 0.29) is 17.9 Å². The maximum absolute atomic E-state index is 11.3. The molecule has 0 bridgehead atoms. The number of hydrogen-bond acceptors (Lipinski definition) is 4. The lowest BCUT2D eigenvalue weighted by Crippen LogP contribution is -2.12. The number of anilines is 1. The van der Waals surface area contributed by atoms with E-state index in [4.69, 9.17) is 10.8 Å². The van der Waals surface area contributed by atoms with Crippen LogP contribution in [0.1, 0.15) is 27.0 Å². The molecule has 0 amide bonds. The number of carbonyl (C=O) groups is 2. The molecule has 0 saturated carbocycles. The number of carboxylic acid groups (broad SMARTS) is 1. The van der Waals surface area contributed by atoms with E-state index < -0.39 is 5.97 Å². The number of aldehydes is 1. The van der Waals surface area contributed by atoms with Crippen LogP contribution < -0.4 is 5.73 Å². The van der Waals surface area contributed by atoms with E-state index in [2.05, 4.69) is 5.10 Å². The van der Waals surface area contributed by atoms with Gasteiger partial charge in [-0.1, -0.05) is 17.7 Å². The summed E-state index contributed by atoms with van der Waals surface area (Å²) in [5.74, 6) is -0.993. The van der Waals surface area contributed by atoms with Crippen LogP contribution in [0.3, 0.4) is 0 Å². The highest BCUT2D eigenvalue weighted by Crippen LogP contribution is 2.31. The minimum Gasteiger partial charge on any atom is -0.480 e. The van der Waals surface area contributed by atoms with E-state index in [1.165, 1.54) is 0 Å². The highest BCUT2D eigenvalue weighted by atomic mass is 16.4. The van der Waals surface area contributed by atoms with Gasteiger partial charge in [0.15, 0.2) is 6.29 Å². The van der Waals surface area contributed by atoms with Crippen molar-refractivity contribution in [3.05, 3.63) is 34.4 Å². The van der Waals surface area contributed by atoms with Gasteiger partial charge in [0.05, 0.1) is 5.56 Å². The predicted molar refractivity (Wildman–Crippen MR) is 79.3 cm³/mol. The molecule has 110 valence electrons. The van der Waals surface area contributed by atoms with E-state index in [1.54, 1.807) is 0 Å². The number of hydrogen-bond donors (Lipinski definition) is 2. The number of nitrogens with two attached hydrogens (primary N) is 1. The lowest BCUT2D eigenvalue weighted by molar-refractivity contribution is -0.137. The molecule has 6 nitrogen and oxygen atoms in total. The zero-order valence-corrected chi connectivity index (χ0v) is 12.2. The Morgan fingerprint density at radius 3 is 2.38 bits per heavy atom. The van der Waals surface area contributed by atoms with Gasteiger partial charge >= 0.3 is 5.97 Å². The van der Waals surface area contributed by atoms with Gasteiger partial charge in [-0.25, -0.2) is 4.68 Å². The first-order valence-electron chi connectivity index (χ1n) is 6.46. The number of nitrogen functional groups attached to an aromatic ring is 1. The Labute approximate surface area is 122 Å². The van der Waals surface area contributed by atoms with Crippen molar-refractivity contribution in [2.75, 3.05) is 5.73 Å². The predicted octanol–water partition coefficient (Wildman–Crippen LogP) is 1.95. The highest BCUT2D eigenvalue weighted by Gasteiger charge is 2.20. The zero-order chi connectivity index (χ0) is 15.7. The van der Waals surface area contributed by atoms with Crippen molar-refractivity contribution in [3.8, 4) is 11.3 Å². The first kappa shape index (κ1) is 14.8. The molecule has 0 aliphatic heterocycles. The molecule has 3 N–H and O–H groups in total. The van der Waals surface area contributed by atoms with Crippen LogP contribution in [0.4, 0.5) is 5.82 Å². The molecule has 0 aliphatic rings. The van der Waals surface area contributed by atoms with Crippen LogP contribution in [-0.4, -0.2) is 27.1 Å². The van der Waals surface area contributed by atoms with E-state index in [0.717, 1.165) is 26.9 Å². The Kier molecular flexibility index (Phi) is 3.80. The summed E-state index contributed by atoms with van der Waals surface area (Å²) in [6.45, 7) is 5.46. The molecular formula is C15H17N3O3. The van der Waals surface area contributed by atoms with Crippen molar-refractivity contribution in [3.63, 3.8) is 0 Å². The number of carboxylic acids is 1. The Bertz CT molecular complexity index is 709. The molecule has 2 aromatic rings. The van der Waals surface area contributed by atoms with Gasteiger partial charge < -0.3 is 10.8 Å². The topological polar surface area (TPSA) is 98.2 Å². The molecule has 0 fully saturated rings. The fourth-order valence-corrected chi connectivity index (χ4v) is 2.59. The van der Waals surface area contributed by atoms with Crippen LogP contribution in [0.2, 0.25) is 0 Å². The Hall–Kier alpha value is -2.63. The van der Waals surface area contributed by atoms with Gasteiger partial charge in [0.25, 0.3) is 0 Å². The quantitative estimate of drug-likeness (QED) is 0.837. The highest BCUT2D eigenvalue weighted by molar-refractivity contribution is 5.93. The van der Waals surface area contributed by atoms with Crippen molar-refractivity contribution in [1.29, 1.82) is 0 Å². The lowest BCUT2D eigenvalue weighted by Gasteiger charge is -2.09. The largest absolute Gasteiger partial charge is 0.480 e. The van der Waals surface area contributed by atoms with Crippen molar-refractivity contribution in [1.82, 2.24) is 9.78 Å². The summed E-state index contributed by atoms with van der Waals surface area (Å²) in [7, 11) is 0. The first-order chi connectivity index (χ1) is 9.85. The fraction of sp³-hybridized carbons (Fsp3) is 0.267. The standard InChI is InChI=1S/C15H17N3O3/c1-8-4-9(2)13(10(3)5-8)14-11(7-19)15(16)18(17-14)6-12(20)21/h4-5,7H,6,16H2,1-3H3,(H,20,21). The smallest absolute Gasteiger partial charge is 0.325 e. The number of aliphatic carboxylic acids is 1. The minimum absolute atomic E-state index is 0.0711. The lowest BCUT2D eigenvalue weighted by atomic mass is 9.95. The molecule has 1 aromatic carbocycles. The molecule has 0 spiro atoms. The SMILES string of the molecule is Cc1cc(C)c(-c2nn(CC(=O)O)c(N)c2C=O)c(C)c1. The molecule has 0 atom stereocenters. The summed E-state index contributed by atoms with van der Waals surface area (Å²) < 4.78 is 1.14. The second-order valence-corrected chi connectivity index (χ2v) is 5.09. The van der Waals surface area contributed by atoms with Gasteiger partial charge in [0, 0.05) is 5.56 Å². The normalized spacial score (nSPS) is 10.6. The van der Waals surface area contributed by atoms with Crippen LogP contribution in [0.25, 0.3) is 11.3 Å². The molecule has 1 heterocycles. The summed E-state index contributed by atoms with van der Waals surface area (Å²) in [4.78, 5) is 22.2. The third-order valence-corrected chi connectivity index (χ3v) is 3.35. The van der Waals surface area contributed by atoms with Crippen molar-refractivity contribution in [2.24, 2.45) is 0 Å². The molecule has 6 heteroatoms. The van der Waals surface area contributed by atoms with Gasteiger partial charge in [0.1, 0.15) is 18.1 Å². The average Bonchev–Trinajstić information content (AvgIpc) is 2.64. The molecule has 21 heavy (non-hydrogen) atoms. The second-order valence-electron chi connectivity index (χ2n) is 5.09. The molecular weight excluding hydrogens is 270 g/mol. The average molecular weight is 287 g/mol. The maximum Gasteiger partial charge on any atom is 0.325 e. The molecule has 0 unspecified atom stereocenters. The number of aromatic nitrogens is 2. The fourth-order valence-electron chi connectivity index (χ4n) is 2.59. The summed E-state index contributed by atoms with van der Waals surface area (Å²) in [5.41, 5.74) is 10.4. The van der Waals surface area contributed by atoms with Crippen LogP contribution in [0.5, 0.6) is 0 Å². The summed E-state index contributed by atoms with van der Waals surface area (Å²) in [6.07, 6.45) is 0.620. The maximum atomic E-state index is 11.3. The van der Waals surface area contributed by atoms with Gasteiger partial charge in [-0.05, 0) is 31.9 Å². The summed E-state index contributed by atoms with van der Waals surface area (Å²) >= 11 is 0. The van der Waals surface area contributed by atoms with E-state index in [0.29, 0.717) is 12.0 Å². The molecule has 0 aliphatic carbocycles. The van der Waals surface area contributed by atoms with Crippen LogP contribution >= 0.6 is 0 Å². The third kappa shape index (κ3) is 2.65. The number of rotatable bonds is 4. The number of nitrogens with zero attached hydrogens (tertiary/aromatic N) is 2. The Morgan fingerprint density at radius 2 is 1.90 bits per heavy atom. The van der Waals surface area contributed by atoms with Crippen molar-refractivity contribution >= 4 is 18.1 Å². The van der Waals surface area contributed by atoms with E-state index in [1.807, 2.05) is 32.9 Å². The summed E-state index contributed by atoms with van der Waals surface area (Å²) in [6, 6.07) is 3.98. The zero-order valence-electron chi connectivity index (χ0n) is 12.2. The van der Waals surface area contributed by atoms with Gasteiger partial charge in [-0.15, -0.1) is 0 Å². The van der Waals surface area contributed by atoms with Gasteiger partial charge in [-0.3, -0.25) is 9.59 Å². The van der Waals surface area contributed by atoms with Crippen LogP contribution in [-0.2, 0) is 11.3 Å². The van der Waals surface area contributed by atoms with Crippen LogP contribution in [0.15, 0.2) is 12.1 Å². The summed E-state index contributed by atoms with van der Waals surface area (Å²) in [5, 5.41) is 13.1. The van der Waals surface area contributed by atoms with Gasteiger partial charge in [0.2, 0.25) is 0 Å². The Balaban J connectivity index is 2.70. The Morgan fingerprint density at radius 1 is 1.33 bits per heavy atom. The molecule has 0 saturated heterocycles. The van der Waals surface area contributed by atoms with Gasteiger partial charge in [-0.2, -0.15) is 5.10 Å². The van der Waals surface area contributed by atoms with Crippen molar-refractivity contribution < 1.29 is 14.7 Å². The minimum atomic E-state index is -1.06. The number of benzene rings is 1. The molecule has 2 rings (SSSR count). The molecule has 0 radical (unpaired) electrons. The first-order valence-corrected chi connectivity index (χ1v) is 6.46. The molecule has 1 aromatic heterocycles. The third-order valence-electron chi connectivity index (χ3n) is 3.35.